The summed E-state index contributed by atoms with van der Waals surface area (Å²) in [7, 11) is 3.30. The van der Waals surface area contributed by atoms with Crippen molar-refractivity contribution in [2.45, 2.75) is 6.92 Å². The van der Waals surface area contributed by atoms with E-state index in [1.165, 1.54) is 17.2 Å². The Morgan fingerprint density at radius 1 is 1.25 bits per heavy atom. The second-order valence-electron chi connectivity index (χ2n) is 5.39. The molecule has 0 saturated carbocycles. The number of carbonyl (C=O) groups is 2. The Morgan fingerprint density at radius 2 is 2.00 bits per heavy atom. The van der Waals surface area contributed by atoms with Gasteiger partial charge >= 0.3 is 0 Å². The smallest absolute Gasteiger partial charge is 0.274 e. The van der Waals surface area contributed by atoms with Gasteiger partial charge in [0.25, 0.3) is 11.8 Å². The standard InChI is InChI=1S/C17H18ClN3O3/c1-11-4-6-13(15(8-11)24-10-16(22)21(2)3)20-17(23)14-7-5-12(18)9-19-14/h4-9H,10H2,1-3H3,(H,20,23). The van der Waals surface area contributed by atoms with Crippen molar-refractivity contribution in [3.05, 3.63) is 52.8 Å². The first-order valence-electron chi connectivity index (χ1n) is 7.23. The van der Waals surface area contributed by atoms with Gasteiger partial charge in [-0.15, -0.1) is 0 Å². The van der Waals surface area contributed by atoms with Crippen LogP contribution in [0.2, 0.25) is 5.02 Å². The highest BCUT2D eigenvalue weighted by atomic mass is 35.5. The molecule has 0 fully saturated rings. The topological polar surface area (TPSA) is 71.5 Å². The van der Waals surface area contributed by atoms with E-state index in [1.807, 2.05) is 13.0 Å². The van der Waals surface area contributed by atoms with Crippen LogP contribution in [0.1, 0.15) is 16.1 Å². The number of pyridine rings is 1. The summed E-state index contributed by atoms with van der Waals surface area (Å²) in [5.41, 5.74) is 1.65. The fraction of sp³-hybridized carbons (Fsp3) is 0.235. The maximum absolute atomic E-state index is 12.3. The third-order valence-corrected chi connectivity index (χ3v) is 3.42. The van der Waals surface area contributed by atoms with Gasteiger partial charge in [-0.25, -0.2) is 4.98 Å². The molecule has 1 aromatic carbocycles. The first-order valence-corrected chi connectivity index (χ1v) is 7.61. The Kier molecular flexibility index (Phi) is 5.76. The number of nitrogens with zero attached hydrogens (tertiary/aromatic N) is 2. The van der Waals surface area contributed by atoms with Gasteiger partial charge in [-0.1, -0.05) is 17.7 Å². The van der Waals surface area contributed by atoms with Crippen LogP contribution in [-0.4, -0.2) is 42.4 Å². The molecule has 1 aromatic heterocycles. The molecule has 0 aliphatic rings. The molecule has 1 heterocycles. The number of rotatable bonds is 5. The van der Waals surface area contributed by atoms with Gasteiger partial charge < -0.3 is 15.0 Å². The predicted octanol–water partition coefficient (Wildman–Crippen LogP) is 2.76. The largest absolute Gasteiger partial charge is 0.482 e. The SMILES string of the molecule is Cc1ccc(NC(=O)c2ccc(Cl)cn2)c(OCC(=O)N(C)C)c1. The van der Waals surface area contributed by atoms with Crippen molar-refractivity contribution in [3.63, 3.8) is 0 Å². The lowest BCUT2D eigenvalue weighted by molar-refractivity contribution is -0.130. The molecule has 2 rings (SSSR count). The average molecular weight is 348 g/mol. The quantitative estimate of drug-likeness (QED) is 0.902. The molecule has 0 aliphatic carbocycles. The lowest BCUT2D eigenvalue weighted by Crippen LogP contribution is -2.27. The number of likely N-dealkylation sites (N-methyl/N-ethyl adjacent to an activating group) is 1. The molecule has 24 heavy (non-hydrogen) atoms. The molecule has 0 unspecified atom stereocenters. The van der Waals surface area contributed by atoms with Gasteiger partial charge in [0.15, 0.2) is 6.61 Å². The number of carbonyl (C=O) groups excluding carboxylic acids is 2. The van der Waals surface area contributed by atoms with Crippen LogP contribution in [-0.2, 0) is 4.79 Å². The number of halogens is 1. The van der Waals surface area contributed by atoms with Gasteiger partial charge in [-0.2, -0.15) is 0 Å². The summed E-state index contributed by atoms with van der Waals surface area (Å²) >= 11 is 5.77. The van der Waals surface area contributed by atoms with Gasteiger partial charge in [0, 0.05) is 20.3 Å². The first kappa shape index (κ1) is 17.7. The van der Waals surface area contributed by atoms with E-state index in [0.29, 0.717) is 16.5 Å². The number of hydrogen-bond acceptors (Lipinski definition) is 4. The van der Waals surface area contributed by atoms with Crippen LogP contribution in [0, 0.1) is 6.92 Å². The van der Waals surface area contributed by atoms with Gasteiger partial charge in [-0.3, -0.25) is 9.59 Å². The van der Waals surface area contributed by atoms with E-state index in [0.717, 1.165) is 5.56 Å². The van der Waals surface area contributed by atoms with E-state index >= 15 is 0 Å². The van der Waals surface area contributed by atoms with Crippen LogP contribution in [0.25, 0.3) is 0 Å². The normalized spacial score (nSPS) is 10.2. The number of aromatic nitrogens is 1. The third-order valence-electron chi connectivity index (χ3n) is 3.20. The summed E-state index contributed by atoms with van der Waals surface area (Å²) < 4.78 is 5.55. The molecule has 0 radical (unpaired) electrons. The third kappa shape index (κ3) is 4.70. The lowest BCUT2D eigenvalue weighted by Gasteiger charge is -2.15. The van der Waals surface area contributed by atoms with E-state index in [4.69, 9.17) is 16.3 Å². The summed E-state index contributed by atoms with van der Waals surface area (Å²) in [5, 5.41) is 3.18. The molecule has 126 valence electrons. The monoisotopic (exact) mass is 347 g/mol. The number of benzene rings is 1. The van der Waals surface area contributed by atoms with Gasteiger partial charge in [0.05, 0.1) is 10.7 Å². The fourth-order valence-corrected chi connectivity index (χ4v) is 1.93. The Labute approximate surface area is 145 Å². The van der Waals surface area contributed by atoms with Crippen molar-refractivity contribution < 1.29 is 14.3 Å². The molecule has 0 atom stereocenters. The maximum Gasteiger partial charge on any atom is 0.274 e. The van der Waals surface area contributed by atoms with Crippen LogP contribution in [0.3, 0.4) is 0 Å². The second kappa shape index (κ2) is 7.79. The van der Waals surface area contributed by atoms with Gasteiger partial charge in [0.1, 0.15) is 11.4 Å². The Balaban J connectivity index is 2.15. The van der Waals surface area contributed by atoms with Crippen molar-refractivity contribution >= 4 is 29.1 Å². The van der Waals surface area contributed by atoms with Crippen molar-refractivity contribution in [1.29, 1.82) is 0 Å². The Hall–Kier alpha value is -2.60. The zero-order valence-corrected chi connectivity index (χ0v) is 14.4. The number of nitrogens with one attached hydrogen (secondary N) is 1. The summed E-state index contributed by atoms with van der Waals surface area (Å²) in [6.45, 7) is 1.78. The molecule has 0 aliphatic heterocycles. The molecule has 6 nitrogen and oxygen atoms in total. The van der Waals surface area contributed by atoms with Crippen LogP contribution < -0.4 is 10.1 Å². The maximum atomic E-state index is 12.3. The van der Waals surface area contributed by atoms with Crippen LogP contribution >= 0.6 is 11.6 Å². The molecule has 2 aromatic rings. The van der Waals surface area contributed by atoms with E-state index in [2.05, 4.69) is 10.3 Å². The minimum atomic E-state index is -0.390. The zero-order chi connectivity index (χ0) is 17.7. The molecular formula is C17H18ClN3O3. The number of anilines is 1. The molecule has 0 spiro atoms. The number of amides is 2. The molecule has 1 N–H and O–H groups in total. The van der Waals surface area contributed by atoms with E-state index in [1.54, 1.807) is 32.3 Å². The fourth-order valence-electron chi connectivity index (χ4n) is 1.82. The number of hydrogen-bond donors (Lipinski definition) is 1. The van der Waals surface area contributed by atoms with Crippen LogP contribution in [0.5, 0.6) is 5.75 Å². The van der Waals surface area contributed by atoms with Crippen molar-refractivity contribution in [2.75, 3.05) is 26.0 Å². The molecule has 0 bridgehead atoms. The molecule has 7 heteroatoms. The Bertz CT molecular complexity index is 745. The minimum absolute atomic E-state index is 0.113. The highest BCUT2D eigenvalue weighted by Gasteiger charge is 2.13. The first-order chi connectivity index (χ1) is 11.4. The molecule has 2 amide bonds. The van der Waals surface area contributed by atoms with Crippen molar-refractivity contribution in [1.82, 2.24) is 9.88 Å². The highest BCUT2D eigenvalue weighted by molar-refractivity contribution is 6.30. The minimum Gasteiger partial charge on any atom is -0.482 e. The molecular weight excluding hydrogens is 330 g/mol. The summed E-state index contributed by atoms with van der Waals surface area (Å²) in [5.74, 6) is -0.139. The summed E-state index contributed by atoms with van der Waals surface area (Å²) in [4.78, 5) is 29.4. The van der Waals surface area contributed by atoms with E-state index < -0.39 is 0 Å². The zero-order valence-electron chi connectivity index (χ0n) is 13.7. The van der Waals surface area contributed by atoms with E-state index in [-0.39, 0.29) is 24.1 Å². The summed E-state index contributed by atoms with van der Waals surface area (Å²) in [6.07, 6.45) is 1.40. The number of ether oxygens (including phenoxy) is 1. The summed E-state index contributed by atoms with van der Waals surface area (Å²) in [6, 6.07) is 8.44. The highest BCUT2D eigenvalue weighted by Crippen LogP contribution is 2.26. The van der Waals surface area contributed by atoms with Gasteiger partial charge in [-0.05, 0) is 36.8 Å². The number of aryl methyl sites for hydroxylation is 1. The Morgan fingerprint density at radius 3 is 2.62 bits per heavy atom. The van der Waals surface area contributed by atoms with Gasteiger partial charge in [0.2, 0.25) is 0 Å². The molecule has 0 saturated heterocycles. The lowest BCUT2D eigenvalue weighted by atomic mass is 10.2. The van der Waals surface area contributed by atoms with Crippen molar-refractivity contribution in [3.8, 4) is 5.75 Å². The second-order valence-corrected chi connectivity index (χ2v) is 5.83. The predicted molar refractivity (Wildman–Crippen MR) is 92.6 cm³/mol. The van der Waals surface area contributed by atoms with Crippen LogP contribution in [0.4, 0.5) is 5.69 Å². The van der Waals surface area contributed by atoms with E-state index in [9.17, 15) is 9.59 Å². The van der Waals surface area contributed by atoms with Crippen LogP contribution in [0.15, 0.2) is 36.5 Å². The van der Waals surface area contributed by atoms with Crippen molar-refractivity contribution in [2.24, 2.45) is 0 Å². The average Bonchev–Trinajstić information content (AvgIpc) is 2.55.